The molecule has 1 aliphatic heterocycles. The largest absolute Gasteiger partial charge is 0.444 e. The summed E-state index contributed by atoms with van der Waals surface area (Å²) in [6.07, 6.45) is -1.15. The van der Waals surface area contributed by atoms with Crippen LogP contribution >= 0.6 is 0 Å². The number of aromatic nitrogens is 2. The molecular formula is C24H34N4O5. The van der Waals surface area contributed by atoms with Gasteiger partial charge in [0.2, 0.25) is 5.91 Å². The Morgan fingerprint density at radius 1 is 1.24 bits per heavy atom. The lowest BCUT2D eigenvalue weighted by Gasteiger charge is -2.26. The highest BCUT2D eigenvalue weighted by Gasteiger charge is 2.35. The number of nitrogens with one attached hydrogen (secondary N) is 1. The summed E-state index contributed by atoms with van der Waals surface area (Å²) in [7, 11) is 1.38. The van der Waals surface area contributed by atoms with Crippen molar-refractivity contribution in [3.63, 3.8) is 0 Å². The molecule has 2 N–H and O–H groups in total. The minimum Gasteiger partial charge on any atom is -0.444 e. The van der Waals surface area contributed by atoms with E-state index in [-0.39, 0.29) is 12.5 Å². The number of aryl methyl sites for hydroxylation is 2. The Balaban J connectivity index is 1.74. The van der Waals surface area contributed by atoms with Crippen molar-refractivity contribution in [2.75, 3.05) is 20.2 Å². The molecule has 0 radical (unpaired) electrons. The molecule has 9 nitrogen and oxygen atoms in total. The normalized spacial score (nSPS) is 18.2. The average molecular weight is 459 g/mol. The predicted molar refractivity (Wildman–Crippen MR) is 123 cm³/mol. The Morgan fingerprint density at radius 3 is 2.58 bits per heavy atom. The van der Waals surface area contributed by atoms with Gasteiger partial charge < -0.3 is 24.8 Å². The minimum atomic E-state index is -1.24. The van der Waals surface area contributed by atoms with Crippen LogP contribution in [0.15, 0.2) is 30.3 Å². The number of rotatable bonds is 6. The summed E-state index contributed by atoms with van der Waals surface area (Å²) in [5.74, 6) is -0.651. The number of ether oxygens (including phenoxy) is 2. The van der Waals surface area contributed by atoms with Crippen LogP contribution in [0.5, 0.6) is 0 Å². The summed E-state index contributed by atoms with van der Waals surface area (Å²) in [6.45, 7) is 10.0. The number of amides is 2. The highest BCUT2D eigenvalue weighted by atomic mass is 16.6. The third-order valence-electron chi connectivity index (χ3n) is 5.52. The number of likely N-dealkylation sites (tertiary alicyclic amines) is 1. The van der Waals surface area contributed by atoms with Crippen molar-refractivity contribution in [2.24, 2.45) is 5.92 Å². The topological polar surface area (TPSA) is 106 Å². The van der Waals surface area contributed by atoms with Gasteiger partial charge in [0.25, 0.3) is 0 Å². The van der Waals surface area contributed by atoms with Gasteiger partial charge in [0.1, 0.15) is 11.6 Å². The molecule has 3 rings (SSSR count). The van der Waals surface area contributed by atoms with E-state index in [0.717, 1.165) is 17.1 Å². The molecule has 0 spiro atoms. The van der Waals surface area contributed by atoms with E-state index in [1.807, 2.05) is 69.6 Å². The second kappa shape index (κ2) is 9.93. The summed E-state index contributed by atoms with van der Waals surface area (Å²) in [5.41, 5.74) is 2.78. The minimum absolute atomic E-state index is 0.251. The first-order chi connectivity index (χ1) is 15.5. The zero-order chi connectivity index (χ0) is 24.3. The van der Waals surface area contributed by atoms with E-state index in [9.17, 15) is 14.7 Å². The van der Waals surface area contributed by atoms with Crippen molar-refractivity contribution >= 4 is 12.0 Å². The number of carbonyl (C=O) groups is 2. The number of benzene rings is 1. The zero-order valence-electron chi connectivity index (χ0n) is 20.2. The Labute approximate surface area is 194 Å². The molecule has 33 heavy (non-hydrogen) atoms. The second-order valence-electron chi connectivity index (χ2n) is 9.46. The van der Waals surface area contributed by atoms with E-state index in [1.54, 1.807) is 4.90 Å². The molecule has 9 heteroatoms. The fourth-order valence-electron chi connectivity index (χ4n) is 3.93. The highest BCUT2D eigenvalue weighted by molar-refractivity contribution is 5.81. The Bertz CT molecular complexity index is 997. The molecule has 0 bridgehead atoms. The molecule has 1 aliphatic rings. The number of carbonyl (C=O) groups excluding carboxylic acids is 2. The first-order valence-corrected chi connectivity index (χ1v) is 11.1. The van der Waals surface area contributed by atoms with Crippen LogP contribution in [0, 0.1) is 19.8 Å². The van der Waals surface area contributed by atoms with Crippen molar-refractivity contribution in [1.82, 2.24) is 20.0 Å². The Kier molecular flexibility index (Phi) is 7.44. The Hall–Kier alpha value is -2.91. The lowest BCUT2D eigenvalue weighted by molar-refractivity contribution is -0.133. The molecular weight excluding hydrogens is 424 g/mol. The van der Waals surface area contributed by atoms with E-state index < -0.39 is 29.9 Å². The molecule has 3 atom stereocenters. The van der Waals surface area contributed by atoms with E-state index in [2.05, 4.69) is 10.4 Å². The number of hydrogen-bond donors (Lipinski definition) is 2. The molecule has 0 aliphatic carbocycles. The summed E-state index contributed by atoms with van der Waals surface area (Å²) < 4.78 is 12.4. The lowest BCUT2D eigenvalue weighted by Crippen LogP contribution is -2.42. The van der Waals surface area contributed by atoms with Crippen LogP contribution in [0.25, 0.3) is 5.69 Å². The van der Waals surface area contributed by atoms with Gasteiger partial charge in [0.05, 0.1) is 17.3 Å². The van der Waals surface area contributed by atoms with Crippen LogP contribution in [-0.2, 0) is 14.3 Å². The van der Waals surface area contributed by atoms with Gasteiger partial charge in [-0.1, -0.05) is 12.1 Å². The highest BCUT2D eigenvalue weighted by Crippen LogP contribution is 2.25. The average Bonchev–Trinajstić information content (AvgIpc) is 3.37. The fourth-order valence-corrected chi connectivity index (χ4v) is 3.93. The first kappa shape index (κ1) is 24.7. The van der Waals surface area contributed by atoms with Gasteiger partial charge in [-0.2, -0.15) is 5.10 Å². The molecule has 1 aromatic heterocycles. The van der Waals surface area contributed by atoms with Gasteiger partial charge in [0, 0.05) is 25.9 Å². The van der Waals surface area contributed by atoms with E-state index >= 15 is 0 Å². The number of aliphatic hydroxyl groups is 1. The van der Waals surface area contributed by atoms with Gasteiger partial charge in [0.15, 0.2) is 6.29 Å². The van der Waals surface area contributed by atoms with E-state index in [4.69, 9.17) is 9.47 Å². The van der Waals surface area contributed by atoms with Gasteiger partial charge in [-0.3, -0.25) is 4.79 Å². The molecule has 2 aromatic rings. The summed E-state index contributed by atoms with van der Waals surface area (Å²) in [4.78, 5) is 26.9. The maximum atomic E-state index is 13.0. The maximum absolute atomic E-state index is 13.0. The molecule has 3 unspecified atom stereocenters. The standard InChI is InChI=1S/C24H34N4O5/c1-15-12-16(2)28(26-15)19-9-7-8-17(13-19)20(22(30)32-6)25-21(29)18-10-11-27(14-18)23(31)33-24(3,4)5/h7-9,12-13,18,20,22,30H,10-11,14H2,1-6H3,(H,25,29). The molecule has 0 saturated carbocycles. The fraction of sp³-hybridized carbons (Fsp3) is 0.542. The smallest absolute Gasteiger partial charge is 0.410 e. The van der Waals surface area contributed by atoms with Crippen molar-refractivity contribution in [3.05, 3.63) is 47.3 Å². The van der Waals surface area contributed by atoms with Crippen LogP contribution in [0.4, 0.5) is 4.79 Å². The molecule has 2 heterocycles. The lowest BCUT2D eigenvalue weighted by atomic mass is 10.0. The number of methoxy groups -OCH3 is 1. The molecule has 1 fully saturated rings. The van der Waals surface area contributed by atoms with Gasteiger partial charge in [-0.05, 0) is 64.8 Å². The van der Waals surface area contributed by atoms with E-state index in [1.165, 1.54) is 7.11 Å². The predicted octanol–water partition coefficient (Wildman–Crippen LogP) is 2.87. The third kappa shape index (κ3) is 6.11. The number of aliphatic hydroxyl groups excluding tert-OH is 1. The van der Waals surface area contributed by atoms with Crippen molar-refractivity contribution in [2.45, 2.75) is 59.0 Å². The molecule has 1 aromatic carbocycles. The zero-order valence-corrected chi connectivity index (χ0v) is 20.2. The van der Waals surface area contributed by atoms with Crippen LogP contribution in [0.1, 0.15) is 50.2 Å². The Morgan fingerprint density at radius 2 is 1.97 bits per heavy atom. The quantitative estimate of drug-likeness (QED) is 0.645. The van der Waals surface area contributed by atoms with E-state index in [0.29, 0.717) is 18.5 Å². The third-order valence-corrected chi connectivity index (χ3v) is 5.52. The van der Waals surface area contributed by atoms with Crippen molar-refractivity contribution < 1.29 is 24.2 Å². The number of nitrogens with zero attached hydrogens (tertiary/aromatic N) is 3. The second-order valence-corrected chi connectivity index (χ2v) is 9.46. The SMILES string of the molecule is COC(O)C(NC(=O)C1CCN(C(=O)OC(C)(C)C)C1)c1cccc(-n2nc(C)cc2C)c1. The molecule has 2 amide bonds. The van der Waals surface area contributed by atoms with Crippen LogP contribution in [-0.4, -0.2) is 63.9 Å². The van der Waals surface area contributed by atoms with Gasteiger partial charge >= 0.3 is 6.09 Å². The van der Waals surface area contributed by atoms with Crippen LogP contribution in [0.2, 0.25) is 0 Å². The van der Waals surface area contributed by atoms with Crippen LogP contribution in [0.3, 0.4) is 0 Å². The summed E-state index contributed by atoms with van der Waals surface area (Å²) >= 11 is 0. The summed E-state index contributed by atoms with van der Waals surface area (Å²) in [6, 6.07) is 8.65. The van der Waals surface area contributed by atoms with Crippen LogP contribution < -0.4 is 5.32 Å². The molecule has 180 valence electrons. The maximum Gasteiger partial charge on any atom is 0.410 e. The van der Waals surface area contributed by atoms with Gasteiger partial charge in [-0.15, -0.1) is 0 Å². The number of hydrogen-bond acceptors (Lipinski definition) is 6. The monoisotopic (exact) mass is 458 g/mol. The molecule has 1 saturated heterocycles. The first-order valence-electron chi connectivity index (χ1n) is 11.1. The van der Waals surface area contributed by atoms with Crippen molar-refractivity contribution in [1.29, 1.82) is 0 Å². The summed E-state index contributed by atoms with van der Waals surface area (Å²) in [5, 5.41) is 17.9. The van der Waals surface area contributed by atoms with Gasteiger partial charge in [-0.25, -0.2) is 9.48 Å². The van der Waals surface area contributed by atoms with Crippen molar-refractivity contribution in [3.8, 4) is 5.69 Å².